The highest BCUT2D eigenvalue weighted by Crippen LogP contribution is 2.36. The van der Waals surface area contributed by atoms with Gasteiger partial charge in [-0.15, -0.1) is 0 Å². The third-order valence-electron chi connectivity index (χ3n) is 5.61. The first kappa shape index (κ1) is 16.6. The standard InChI is InChI=1S/C19H25N3O2S/c1-21(18(23)13-6-3-7-13)14-8-5-11-22(12-14)19-20-17-15(24-2)9-4-10-16(17)25-19/h4,9-10,13-14H,3,5-8,11-12H2,1-2H3. The summed E-state index contributed by atoms with van der Waals surface area (Å²) < 4.78 is 6.59. The molecule has 134 valence electrons. The number of likely N-dealkylation sites (N-methyl/N-ethyl adjacent to an activating group) is 1. The van der Waals surface area contributed by atoms with Gasteiger partial charge in [0, 0.05) is 32.1 Å². The van der Waals surface area contributed by atoms with Crippen LogP contribution in [0.1, 0.15) is 32.1 Å². The van der Waals surface area contributed by atoms with Gasteiger partial charge in [0.25, 0.3) is 0 Å². The molecule has 1 aliphatic heterocycles. The molecular weight excluding hydrogens is 334 g/mol. The molecule has 2 heterocycles. The van der Waals surface area contributed by atoms with Gasteiger partial charge in [0.2, 0.25) is 5.91 Å². The number of para-hydroxylation sites is 1. The Morgan fingerprint density at radius 1 is 1.32 bits per heavy atom. The van der Waals surface area contributed by atoms with E-state index in [0.29, 0.717) is 5.91 Å². The fraction of sp³-hybridized carbons (Fsp3) is 0.579. The number of carbonyl (C=O) groups excluding carboxylic acids is 1. The third-order valence-corrected chi connectivity index (χ3v) is 6.69. The topological polar surface area (TPSA) is 45.7 Å². The molecule has 4 rings (SSSR count). The normalized spacial score (nSPS) is 21.2. The number of methoxy groups -OCH3 is 1. The number of benzene rings is 1. The minimum atomic E-state index is 0.270. The van der Waals surface area contributed by atoms with Gasteiger partial charge in [-0.1, -0.05) is 23.8 Å². The van der Waals surface area contributed by atoms with Crippen molar-refractivity contribution in [2.75, 3.05) is 32.1 Å². The minimum absolute atomic E-state index is 0.270. The molecule has 0 radical (unpaired) electrons. The maximum atomic E-state index is 12.6. The molecular formula is C19H25N3O2S. The number of ether oxygens (including phenoxy) is 1. The number of hydrogen-bond donors (Lipinski definition) is 0. The van der Waals surface area contributed by atoms with E-state index in [1.54, 1.807) is 18.4 Å². The van der Waals surface area contributed by atoms with E-state index in [0.717, 1.165) is 59.9 Å². The van der Waals surface area contributed by atoms with Crippen molar-refractivity contribution in [3.05, 3.63) is 18.2 Å². The monoisotopic (exact) mass is 359 g/mol. The van der Waals surface area contributed by atoms with Crippen molar-refractivity contribution >= 4 is 32.6 Å². The molecule has 1 amide bonds. The lowest BCUT2D eigenvalue weighted by Crippen LogP contribution is -2.50. The second-order valence-electron chi connectivity index (χ2n) is 7.12. The molecule has 1 saturated carbocycles. The molecule has 2 fully saturated rings. The Morgan fingerprint density at radius 3 is 2.88 bits per heavy atom. The van der Waals surface area contributed by atoms with E-state index in [1.165, 1.54) is 6.42 Å². The molecule has 0 bridgehead atoms. The van der Waals surface area contributed by atoms with Crippen molar-refractivity contribution < 1.29 is 9.53 Å². The lowest BCUT2D eigenvalue weighted by Gasteiger charge is -2.40. The van der Waals surface area contributed by atoms with Gasteiger partial charge in [0.15, 0.2) is 5.13 Å². The third kappa shape index (κ3) is 3.08. The summed E-state index contributed by atoms with van der Waals surface area (Å²) in [6.07, 6.45) is 5.52. The van der Waals surface area contributed by atoms with Gasteiger partial charge in [-0.05, 0) is 37.8 Å². The van der Waals surface area contributed by atoms with Crippen molar-refractivity contribution in [2.24, 2.45) is 5.92 Å². The summed E-state index contributed by atoms with van der Waals surface area (Å²) in [5.74, 6) is 1.43. The average molecular weight is 359 g/mol. The zero-order valence-corrected chi connectivity index (χ0v) is 15.7. The van der Waals surface area contributed by atoms with Gasteiger partial charge >= 0.3 is 0 Å². The van der Waals surface area contributed by atoms with Gasteiger partial charge in [-0.2, -0.15) is 0 Å². The lowest BCUT2D eigenvalue weighted by molar-refractivity contribution is -0.139. The average Bonchev–Trinajstić information content (AvgIpc) is 3.04. The van der Waals surface area contributed by atoms with Gasteiger partial charge in [0.05, 0.1) is 11.8 Å². The highest BCUT2D eigenvalue weighted by atomic mass is 32.1. The second kappa shape index (κ2) is 6.83. The van der Waals surface area contributed by atoms with Crippen LogP contribution in [0, 0.1) is 5.92 Å². The van der Waals surface area contributed by atoms with Gasteiger partial charge in [-0.3, -0.25) is 4.79 Å². The molecule has 2 aliphatic rings. The summed E-state index contributed by atoms with van der Waals surface area (Å²) in [6, 6.07) is 6.34. The number of fused-ring (bicyclic) bond motifs is 1. The zero-order valence-electron chi connectivity index (χ0n) is 14.9. The number of thiazole rings is 1. The number of piperidine rings is 1. The second-order valence-corrected chi connectivity index (χ2v) is 8.13. The SMILES string of the molecule is COc1cccc2sc(N3CCCC(N(C)C(=O)C4CCC4)C3)nc12. The number of hydrogen-bond acceptors (Lipinski definition) is 5. The summed E-state index contributed by atoms with van der Waals surface area (Å²) >= 11 is 1.71. The summed E-state index contributed by atoms with van der Waals surface area (Å²) in [5.41, 5.74) is 0.936. The Kier molecular flexibility index (Phi) is 4.54. The summed E-state index contributed by atoms with van der Waals surface area (Å²) in [4.78, 5) is 21.7. The van der Waals surface area contributed by atoms with Crippen LogP contribution < -0.4 is 9.64 Å². The highest BCUT2D eigenvalue weighted by Gasteiger charge is 2.33. The largest absolute Gasteiger partial charge is 0.494 e. The van der Waals surface area contributed by atoms with Crippen LogP contribution in [0.5, 0.6) is 5.75 Å². The number of carbonyl (C=O) groups is 1. The van der Waals surface area contributed by atoms with E-state index in [9.17, 15) is 4.79 Å². The minimum Gasteiger partial charge on any atom is -0.494 e. The van der Waals surface area contributed by atoms with E-state index in [4.69, 9.17) is 9.72 Å². The fourth-order valence-corrected chi connectivity index (χ4v) is 4.80. The van der Waals surface area contributed by atoms with Crippen molar-refractivity contribution in [1.29, 1.82) is 0 Å². The molecule has 1 aromatic carbocycles. The molecule has 1 atom stereocenters. The maximum Gasteiger partial charge on any atom is 0.225 e. The van der Waals surface area contributed by atoms with E-state index in [1.807, 2.05) is 24.1 Å². The molecule has 0 N–H and O–H groups in total. The Hall–Kier alpha value is -1.82. The number of aromatic nitrogens is 1. The highest BCUT2D eigenvalue weighted by molar-refractivity contribution is 7.22. The molecule has 1 unspecified atom stereocenters. The smallest absolute Gasteiger partial charge is 0.225 e. The van der Waals surface area contributed by atoms with Crippen LogP contribution in [0.2, 0.25) is 0 Å². The summed E-state index contributed by atoms with van der Waals surface area (Å²) in [5, 5.41) is 1.04. The summed E-state index contributed by atoms with van der Waals surface area (Å²) in [7, 11) is 3.67. The molecule has 5 nitrogen and oxygen atoms in total. The fourth-order valence-electron chi connectivity index (χ4n) is 3.78. The summed E-state index contributed by atoms with van der Waals surface area (Å²) in [6.45, 7) is 1.88. The van der Waals surface area contributed by atoms with E-state index in [-0.39, 0.29) is 12.0 Å². The van der Waals surface area contributed by atoms with Crippen LogP contribution in [-0.2, 0) is 4.79 Å². The predicted molar refractivity (Wildman–Crippen MR) is 102 cm³/mol. The number of anilines is 1. The van der Waals surface area contributed by atoms with Crippen LogP contribution in [-0.4, -0.2) is 49.1 Å². The van der Waals surface area contributed by atoms with Gasteiger partial charge in [-0.25, -0.2) is 4.98 Å². The van der Waals surface area contributed by atoms with Crippen molar-refractivity contribution in [3.8, 4) is 5.75 Å². The first-order chi connectivity index (χ1) is 12.2. The van der Waals surface area contributed by atoms with E-state index < -0.39 is 0 Å². The number of rotatable bonds is 4. The molecule has 25 heavy (non-hydrogen) atoms. The predicted octanol–water partition coefficient (Wildman–Crippen LogP) is 3.53. The van der Waals surface area contributed by atoms with Crippen molar-refractivity contribution in [1.82, 2.24) is 9.88 Å². The molecule has 1 saturated heterocycles. The van der Waals surface area contributed by atoms with Gasteiger partial charge < -0.3 is 14.5 Å². The Labute approximate surface area is 152 Å². The first-order valence-corrected chi connectivity index (χ1v) is 9.94. The molecule has 6 heteroatoms. The number of amides is 1. The molecule has 0 spiro atoms. The molecule has 1 aromatic heterocycles. The van der Waals surface area contributed by atoms with Crippen LogP contribution in [0.15, 0.2) is 18.2 Å². The first-order valence-electron chi connectivity index (χ1n) is 9.12. The van der Waals surface area contributed by atoms with E-state index >= 15 is 0 Å². The Morgan fingerprint density at radius 2 is 2.16 bits per heavy atom. The molecule has 1 aliphatic carbocycles. The van der Waals surface area contributed by atoms with E-state index in [2.05, 4.69) is 11.0 Å². The van der Waals surface area contributed by atoms with Crippen LogP contribution >= 0.6 is 11.3 Å². The Balaban J connectivity index is 1.52. The van der Waals surface area contributed by atoms with Gasteiger partial charge in [0.1, 0.15) is 11.3 Å². The van der Waals surface area contributed by atoms with Crippen LogP contribution in [0.4, 0.5) is 5.13 Å². The zero-order chi connectivity index (χ0) is 17.4. The van der Waals surface area contributed by atoms with Crippen LogP contribution in [0.25, 0.3) is 10.2 Å². The van der Waals surface area contributed by atoms with Crippen molar-refractivity contribution in [3.63, 3.8) is 0 Å². The lowest BCUT2D eigenvalue weighted by atomic mass is 9.84. The maximum absolute atomic E-state index is 12.6. The molecule has 2 aromatic rings. The van der Waals surface area contributed by atoms with Crippen LogP contribution in [0.3, 0.4) is 0 Å². The van der Waals surface area contributed by atoms with Crippen molar-refractivity contribution in [2.45, 2.75) is 38.1 Å². The quantitative estimate of drug-likeness (QED) is 0.838. The Bertz CT molecular complexity index is 771. The number of nitrogens with zero attached hydrogens (tertiary/aromatic N) is 3.